The Morgan fingerprint density at radius 3 is 2.90 bits per heavy atom. The van der Waals surface area contributed by atoms with Gasteiger partial charge in [-0.15, -0.1) is 0 Å². The van der Waals surface area contributed by atoms with E-state index in [0.29, 0.717) is 18.5 Å². The molecule has 108 valence electrons. The molecule has 2 aromatic rings. The minimum atomic E-state index is 0.138. The van der Waals surface area contributed by atoms with Gasteiger partial charge in [-0.25, -0.2) is 4.98 Å². The zero-order chi connectivity index (χ0) is 14.4. The van der Waals surface area contributed by atoms with Crippen LogP contribution in [0, 0.1) is 0 Å². The van der Waals surface area contributed by atoms with Gasteiger partial charge in [0.1, 0.15) is 6.33 Å². The fourth-order valence-corrected chi connectivity index (χ4v) is 1.98. The number of hydrogen-bond donors (Lipinski definition) is 1. The number of nitrogens with zero attached hydrogens (tertiary/aromatic N) is 5. The molecule has 2 aromatic heterocycles. The predicted octanol–water partition coefficient (Wildman–Crippen LogP) is 1.94. The van der Waals surface area contributed by atoms with Crippen LogP contribution in [0.1, 0.15) is 19.8 Å². The highest BCUT2D eigenvalue weighted by Crippen LogP contribution is 2.12. The summed E-state index contributed by atoms with van der Waals surface area (Å²) >= 11 is 5.94. The van der Waals surface area contributed by atoms with Crippen molar-refractivity contribution in [2.45, 2.75) is 25.8 Å². The van der Waals surface area contributed by atoms with Crippen LogP contribution in [-0.2, 0) is 4.74 Å². The summed E-state index contributed by atoms with van der Waals surface area (Å²) in [7, 11) is 1.67. The lowest BCUT2D eigenvalue weighted by Gasteiger charge is -2.17. The number of aromatic nitrogens is 5. The third kappa shape index (κ3) is 3.88. The molecule has 1 atom stereocenters. The number of hydrogen-bond acceptors (Lipinski definition) is 6. The molecule has 0 radical (unpaired) electrons. The minimum Gasteiger partial charge on any atom is -0.383 e. The molecule has 20 heavy (non-hydrogen) atoms. The summed E-state index contributed by atoms with van der Waals surface area (Å²) in [5, 5.41) is 3.36. The lowest BCUT2D eigenvalue weighted by Crippen LogP contribution is -2.26. The first-order valence-corrected chi connectivity index (χ1v) is 6.76. The summed E-state index contributed by atoms with van der Waals surface area (Å²) in [6.07, 6.45) is 6.99. The Morgan fingerprint density at radius 1 is 1.40 bits per heavy atom. The van der Waals surface area contributed by atoms with Crippen LogP contribution < -0.4 is 5.32 Å². The first kappa shape index (κ1) is 14.7. The normalized spacial score (nSPS) is 12.3. The quantitative estimate of drug-likeness (QED) is 0.841. The fourth-order valence-electron chi connectivity index (χ4n) is 1.83. The Kier molecular flexibility index (Phi) is 5.25. The summed E-state index contributed by atoms with van der Waals surface area (Å²) < 4.78 is 6.85. The number of rotatable bonds is 7. The van der Waals surface area contributed by atoms with Gasteiger partial charge in [-0.1, -0.05) is 13.3 Å². The molecule has 0 aliphatic rings. The highest BCUT2D eigenvalue weighted by Gasteiger charge is 2.12. The van der Waals surface area contributed by atoms with Gasteiger partial charge in [0, 0.05) is 19.5 Å². The molecule has 0 spiro atoms. The molecule has 7 nitrogen and oxygen atoms in total. The fraction of sp³-hybridized carbons (Fsp3) is 0.500. The summed E-state index contributed by atoms with van der Waals surface area (Å²) in [6.45, 7) is 2.69. The van der Waals surface area contributed by atoms with Gasteiger partial charge in [-0.2, -0.15) is 15.0 Å². The zero-order valence-corrected chi connectivity index (χ0v) is 12.2. The molecule has 0 aliphatic heterocycles. The van der Waals surface area contributed by atoms with Crippen molar-refractivity contribution in [2.75, 3.05) is 19.0 Å². The molecule has 0 amide bonds. The number of ether oxygens (including phenoxy) is 1. The molecule has 0 bridgehead atoms. The molecule has 0 aliphatic carbocycles. The van der Waals surface area contributed by atoms with Crippen LogP contribution in [0.25, 0.3) is 5.95 Å². The van der Waals surface area contributed by atoms with Crippen LogP contribution in [0.5, 0.6) is 0 Å². The molecular formula is C12H17ClN6O. The van der Waals surface area contributed by atoms with E-state index in [1.807, 2.05) is 0 Å². The van der Waals surface area contributed by atoms with E-state index >= 15 is 0 Å². The highest BCUT2D eigenvalue weighted by atomic mass is 35.5. The van der Waals surface area contributed by atoms with Crippen LogP contribution in [0.15, 0.2) is 18.7 Å². The lowest BCUT2D eigenvalue weighted by atomic mass is 10.2. The third-order valence-electron chi connectivity index (χ3n) is 2.67. The first-order chi connectivity index (χ1) is 9.72. The van der Waals surface area contributed by atoms with Crippen molar-refractivity contribution in [1.29, 1.82) is 0 Å². The summed E-state index contributed by atoms with van der Waals surface area (Å²) in [5.41, 5.74) is 0. The summed E-state index contributed by atoms with van der Waals surface area (Å²) in [5.74, 6) is 0.863. The van der Waals surface area contributed by atoms with Gasteiger partial charge in [0.15, 0.2) is 0 Å². The Morgan fingerprint density at radius 2 is 2.25 bits per heavy atom. The molecular weight excluding hydrogens is 280 g/mol. The van der Waals surface area contributed by atoms with Gasteiger partial charge >= 0.3 is 0 Å². The SMILES string of the molecule is CCCC(COC)Nc1nc(Cl)nc(-n2ccnc2)n1. The topological polar surface area (TPSA) is 77.8 Å². The van der Waals surface area contributed by atoms with Crippen LogP contribution in [0.3, 0.4) is 0 Å². The van der Waals surface area contributed by atoms with Crippen molar-refractivity contribution in [3.05, 3.63) is 24.0 Å². The summed E-state index contributed by atoms with van der Waals surface area (Å²) in [6, 6.07) is 0.138. The molecule has 1 unspecified atom stereocenters. The van der Waals surface area contributed by atoms with E-state index in [0.717, 1.165) is 12.8 Å². The molecule has 2 heterocycles. The minimum absolute atomic E-state index is 0.138. The maximum Gasteiger partial charge on any atom is 0.241 e. The van der Waals surface area contributed by atoms with E-state index in [1.165, 1.54) is 0 Å². The van der Waals surface area contributed by atoms with Gasteiger partial charge in [-0.05, 0) is 18.0 Å². The number of imidazole rings is 1. The molecule has 0 fully saturated rings. The second-order valence-corrected chi connectivity index (χ2v) is 4.62. The lowest BCUT2D eigenvalue weighted by molar-refractivity contribution is 0.182. The number of nitrogens with one attached hydrogen (secondary N) is 1. The van der Waals surface area contributed by atoms with Crippen molar-refractivity contribution in [3.63, 3.8) is 0 Å². The molecule has 8 heteroatoms. The Labute approximate surface area is 122 Å². The van der Waals surface area contributed by atoms with E-state index in [4.69, 9.17) is 16.3 Å². The van der Waals surface area contributed by atoms with Gasteiger partial charge < -0.3 is 10.1 Å². The summed E-state index contributed by atoms with van der Waals surface area (Å²) in [4.78, 5) is 16.4. The largest absolute Gasteiger partial charge is 0.383 e. The van der Waals surface area contributed by atoms with E-state index in [2.05, 4.69) is 32.2 Å². The van der Waals surface area contributed by atoms with Crippen molar-refractivity contribution in [1.82, 2.24) is 24.5 Å². The van der Waals surface area contributed by atoms with Gasteiger partial charge in [0.25, 0.3) is 0 Å². The van der Waals surface area contributed by atoms with Gasteiger partial charge in [0.05, 0.1) is 12.6 Å². The van der Waals surface area contributed by atoms with Crippen molar-refractivity contribution >= 4 is 17.5 Å². The number of anilines is 1. The third-order valence-corrected chi connectivity index (χ3v) is 2.84. The average molecular weight is 297 g/mol. The van der Waals surface area contributed by atoms with E-state index in [1.54, 1.807) is 30.4 Å². The van der Waals surface area contributed by atoms with Crippen molar-refractivity contribution in [2.24, 2.45) is 0 Å². The highest BCUT2D eigenvalue weighted by molar-refractivity contribution is 6.28. The maximum atomic E-state index is 5.94. The van der Waals surface area contributed by atoms with Crippen LogP contribution in [-0.4, -0.2) is 44.3 Å². The Bertz CT molecular complexity index is 527. The van der Waals surface area contributed by atoms with Crippen molar-refractivity contribution in [3.8, 4) is 5.95 Å². The predicted molar refractivity (Wildman–Crippen MR) is 76.2 cm³/mol. The van der Waals surface area contributed by atoms with Crippen LogP contribution >= 0.6 is 11.6 Å². The van der Waals surface area contributed by atoms with E-state index in [-0.39, 0.29) is 11.3 Å². The second-order valence-electron chi connectivity index (χ2n) is 4.28. The van der Waals surface area contributed by atoms with Gasteiger partial charge in [-0.3, -0.25) is 4.57 Å². The van der Waals surface area contributed by atoms with Crippen LogP contribution in [0.4, 0.5) is 5.95 Å². The standard InChI is InChI=1S/C12H17ClN6O/c1-3-4-9(7-20-2)15-11-16-10(13)17-12(18-11)19-6-5-14-8-19/h5-6,8-9H,3-4,7H2,1-2H3,(H,15,16,17,18). The first-order valence-electron chi connectivity index (χ1n) is 6.38. The van der Waals surface area contributed by atoms with E-state index < -0.39 is 0 Å². The molecule has 0 aromatic carbocycles. The van der Waals surface area contributed by atoms with E-state index in [9.17, 15) is 0 Å². The number of halogens is 1. The number of methoxy groups -OCH3 is 1. The Hall–Kier alpha value is -1.73. The smallest absolute Gasteiger partial charge is 0.241 e. The zero-order valence-electron chi connectivity index (χ0n) is 11.5. The van der Waals surface area contributed by atoms with Crippen molar-refractivity contribution < 1.29 is 4.74 Å². The Balaban J connectivity index is 2.19. The second kappa shape index (κ2) is 7.16. The monoisotopic (exact) mass is 296 g/mol. The molecule has 2 rings (SSSR count). The molecule has 0 saturated carbocycles. The molecule has 1 N–H and O–H groups in total. The average Bonchev–Trinajstić information content (AvgIpc) is 2.92. The van der Waals surface area contributed by atoms with Crippen LogP contribution in [0.2, 0.25) is 5.28 Å². The molecule has 0 saturated heterocycles. The maximum absolute atomic E-state index is 5.94. The van der Waals surface area contributed by atoms with Gasteiger partial charge in [0.2, 0.25) is 17.2 Å².